The molecule has 5 nitrogen and oxygen atoms in total. The zero-order valence-electron chi connectivity index (χ0n) is 9.93. The molecule has 19 heavy (non-hydrogen) atoms. The van der Waals surface area contributed by atoms with Gasteiger partial charge >= 0.3 is 5.69 Å². The summed E-state index contributed by atoms with van der Waals surface area (Å²) in [5, 5.41) is 0. The van der Waals surface area contributed by atoms with E-state index in [-0.39, 0.29) is 18.7 Å². The molecular weight excluding hydrogens is 251 g/mol. The normalized spacial score (nSPS) is 10.4. The lowest BCUT2D eigenvalue weighted by Crippen LogP contribution is -2.29. The highest BCUT2D eigenvalue weighted by atomic mass is 19.1. The van der Waals surface area contributed by atoms with Gasteiger partial charge in [0.2, 0.25) is 0 Å². The minimum absolute atomic E-state index is 0.0948. The van der Waals surface area contributed by atoms with Gasteiger partial charge < -0.3 is 4.57 Å². The predicted molar refractivity (Wildman–Crippen MR) is 66.7 cm³/mol. The SMILES string of the molecule is O=C(CCn1ccc(=O)[nH]c1=O)c1ccc(F)cc1. The van der Waals surface area contributed by atoms with Crippen molar-refractivity contribution >= 4 is 5.78 Å². The van der Waals surface area contributed by atoms with E-state index in [1.165, 1.54) is 41.1 Å². The second kappa shape index (κ2) is 5.43. The summed E-state index contributed by atoms with van der Waals surface area (Å²) < 4.78 is 13.9. The third-order valence-electron chi connectivity index (χ3n) is 2.64. The molecule has 0 aliphatic carbocycles. The van der Waals surface area contributed by atoms with Crippen LogP contribution in [-0.4, -0.2) is 15.3 Å². The molecule has 2 rings (SSSR count). The average Bonchev–Trinajstić information content (AvgIpc) is 2.38. The fourth-order valence-corrected chi connectivity index (χ4v) is 1.62. The quantitative estimate of drug-likeness (QED) is 0.834. The fourth-order valence-electron chi connectivity index (χ4n) is 1.62. The maximum absolute atomic E-state index is 12.7. The molecule has 0 bridgehead atoms. The number of nitrogens with one attached hydrogen (secondary N) is 1. The Morgan fingerprint density at radius 1 is 1.16 bits per heavy atom. The summed E-state index contributed by atoms with van der Waals surface area (Å²) in [4.78, 5) is 36.1. The number of hydrogen-bond acceptors (Lipinski definition) is 3. The maximum atomic E-state index is 12.7. The second-order valence-corrected chi connectivity index (χ2v) is 3.98. The van der Waals surface area contributed by atoms with Crippen LogP contribution in [0.5, 0.6) is 0 Å². The van der Waals surface area contributed by atoms with Crippen LogP contribution in [0.4, 0.5) is 4.39 Å². The zero-order valence-corrected chi connectivity index (χ0v) is 9.93. The van der Waals surface area contributed by atoms with Crippen molar-refractivity contribution in [3.8, 4) is 0 Å². The van der Waals surface area contributed by atoms with Crippen LogP contribution in [0.1, 0.15) is 16.8 Å². The van der Waals surface area contributed by atoms with Gasteiger partial charge in [-0.1, -0.05) is 0 Å². The molecule has 1 aromatic heterocycles. The lowest BCUT2D eigenvalue weighted by molar-refractivity contribution is 0.0976. The Bertz CT molecular complexity index is 701. The van der Waals surface area contributed by atoms with Gasteiger partial charge in [0.05, 0.1) is 0 Å². The van der Waals surface area contributed by atoms with Crippen LogP contribution in [-0.2, 0) is 6.54 Å². The topological polar surface area (TPSA) is 71.9 Å². The largest absolute Gasteiger partial charge is 0.328 e. The third kappa shape index (κ3) is 3.25. The van der Waals surface area contributed by atoms with Crippen molar-refractivity contribution in [2.45, 2.75) is 13.0 Å². The summed E-state index contributed by atoms with van der Waals surface area (Å²) in [6.45, 7) is 0.159. The average molecular weight is 262 g/mol. The first-order valence-corrected chi connectivity index (χ1v) is 5.65. The molecule has 2 aromatic rings. The fraction of sp³-hybridized carbons (Fsp3) is 0.154. The first kappa shape index (κ1) is 12.9. The number of halogens is 1. The predicted octanol–water partition coefficient (Wildman–Crippen LogP) is 0.949. The molecule has 0 spiro atoms. The molecule has 1 heterocycles. The molecule has 0 aliphatic heterocycles. The summed E-state index contributed by atoms with van der Waals surface area (Å²) in [7, 11) is 0. The van der Waals surface area contributed by atoms with Gasteiger partial charge in [-0.2, -0.15) is 0 Å². The van der Waals surface area contributed by atoms with E-state index in [1.807, 2.05) is 0 Å². The van der Waals surface area contributed by atoms with Gasteiger partial charge in [0.1, 0.15) is 5.82 Å². The van der Waals surface area contributed by atoms with Gasteiger partial charge in [-0.25, -0.2) is 9.18 Å². The Balaban J connectivity index is 2.06. The van der Waals surface area contributed by atoms with Crippen LogP contribution >= 0.6 is 0 Å². The lowest BCUT2D eigenvalue weighted by atomic mass is 10.1. The van der Waals surface area contributed by atoms with E-state index in [1.54, 1.807) is 0 Å². The summed E-state index contributed by atoms with van der Waals surface area (Å²) >= 11 is 0. The van der Waals surface area contributed by atoms with E-state index in [4.69, 9.17) is 0 Å². The van der Waals surface area contributed by atoms with Crippen LogP contribution in [0.25, 0.3) is 0 Å². The summed E-state index contributed by atoms with van der Waals surface area (Å²) in [6, 6.07) is 6.42. The lowest BCUT2D eigenvalue weighted by Gasteiger charge is -2.04. The highest BCUT2D eigenvalue weighted by molar-refractivity contribution is 5.95. The van der Waals surface area contributed by atoms with Crippen molar-refractivity contribution in [1.82, 2.24) is 9.55 Å². The summed E-state index contributed by atoms with van der Waals surface area (Å²) in [6.07, 6.45) is 1.43. The van der Waals surface area contributed by atoms with Gasteiger partial charge in [0.25, 0.3) is 5.56 Å². The number of carbonyl (C=O) groups is 1. The highest BCUT2D eigenvalue weighted by Gasteiger charge is 2.06. The highest BCUT2D eigenvalue weighted by Crippen LogP contribution is 2.06. The minimum Gasteiger partial charge on any atom is -0.300 e. The Morgan fingerprint density at radius 3 is 2.47 bits per heavy atom. The maximum Gasteiger partial charge on any atom is 0.328 e. The van der Waals surface area contributed by atoms with E-state index in [0.29, 0.717) is 5.56 Å². The molecule has 98 valence electrons. The minimum atomic E-state index is -0.556. The number of H-pyrrole nitrogens is 1. The number of ketones is 1. The molecule has 0 unspecified atom stereocenters. The molecular formula is C13H11FN2O3. The van der Waals surface area contributed by atoms with Crippen molar-refractivity contribution in [3.63, 3.8) is 0 Å². The van der Waals surface area contributed by atoms with E-state index >= 15 is 0 Å². The third-order valence-corrected chi connectivity index (χ3v) is 2.64. The molecule has 0 atom stereocenters. The van der Waals surface area contributed by atoms with Crippen molar-refractivity contribution in [1.29, 1.82) is 0 Å². The molecule has 0 saturated heterocycles. The van der Waals surface area contributed by atoms with Gasteiger partial charge in [-0.3, -0.25) is 14.6 Å². The number of aromatic nitrogens is 2. The Hall–Kier alpha value is -2.50. The molecule has 0 fully saturated rings. The number of hydrogen-bond donors (Lipinski definition) is 1. The first-order valence-electron chi connectivity index (χ1n) is 5.65. The number of aromatic amines is 1. The zero-order chi connectivity index (χ0) is 13.8. The van der Waals surface area contributed by atoms with Gasteiger partial charge in [0.15, 0.2) is 5.78 Å². The summed E-state index contributed by atoms with van der Waals surface area (Å²) in [5.74, 6) is -0.605. The number of nitrogens with zero attached hydrogens (tertiary/aromatic N) is 1. The number of Topliss-reactive ketones (excluding diaryl/α,β-unsaturated/α-hetero) is 1. The van der Waals surface area contributed by atoms with Gasteiger partial charge in [-0.15, -0.1) is 0 Å². The van der Waals surface area contributed by atoms with Crippen LogP contribution in [0.2, 0.25) is 0 Å². The Morgan fingerprint density at radius 2 is 1.84 bits per heavy atom. The molecule has 0 saturated carbocycles. The molecule has 1 aromatic carbocycles. The van der Waals surface area contributed by atoms with Gasteiger partial charge in [0, 0.05) is 30.8 Å². The van der Waals surface area contributed by atoms with Crippen LogP contribution < -0.4 is 11.2 Å². The van der Waals surface area contributed by atoms with E-state index < -0.39 is 17.1 Å². The number of carbonyl (C=O) groups excluding carboxylic acids is 1. The smallest absolute Gasteiger partial charge is 0.300 e. The second-order valence-electron chi connectivity index (χ2n) is 3.98. The molecule has 0 radical (unpaired) electrons. The monoisotopic (exact) mass is 262 g/mol. The van der Waals surface area contributed by atoms with Crippen molar-refractivity contribution in [2.24, 2.45) is 0 Å². The van der Waals surface area contributed by atoms with Crippen molar-refractivity contribution in [2.75, 3.05) is 0 Å². The number of benzene rings is 1. The van der Waals surface area contributed by atoms with Crippen molar-refractivity contribution in [3.05, 3.63) is 68.7 Å². The molecule has 0 aliphatic rings. The van der Waals surface area contributed by atoms with Crippen molar-refractivity contribution < 1.29 is 9.18 Å². The summed E-state index contributed by atoms with van der Waals surface area (Å²) in [5.41, 5.74) is -0.649. The molecule has 1 N–H and O–H groups in total. The number of rotatable bonds is 4. The number of aryl methyl sites for hydroxylation is 1. The van der Waals surface area contributed by atoms with Crippen LogP contribution in [0.15, 0.2) is 46.1 Å². The van der Waals surface area contributed by atoms with Crippen LogP contribution in [0.3, 0.4) is 0 Å². The van der Waals surface area contributed by atoms with E-state index in [0.717, 1.165) is 0 Å². The standard InChI is InChI=1S/C13H11FN2O3/c14-10-3-1-9(2-4-10)11(17)5-7-16-8-6-12(18)15-13(16)19/h1-4,6,8H,5,7H2,(H,15,18,19). The van der Waals surface area contributed by atoms with E-state index in [2.05, 4.69) is 4.98 Å². The van der Waals surface area contributed by atoms with E-state index in [9.17, 15) is 18.8 Å². The molecule has 0 amide bonds. The Kier molecular flexibility index (Phi) is 3.70. The van der Waals surface area contributed by atoms with Gasteiger partial charge in [-0.05, 0) is 24.3 Å². The molecule has 6 heteroatoms. The van der Waals surface area contributed by atoms with Crippen LogP contribution in [0, 0.1) is 5.82 Å². The Labute approximate surface area is 107 Å². The first-order chi connectivity index (χ1) is 9.06.